The average Bonchev–Trinajstić information content (AvgIpc) is 3.23. The summed E-state index contributed by atoms with van der Waals surface area (Å²) in [6.07, 6.45) is 0. The zero-order valence-electron chi connectivity index (χ0n) is 16.8. The molecule has 0 fully saturated rings. The van der Waals surface area contributed by atoms with Crippen LogP contribution in [0.2, 0.25) is 0 Å². The molecule has 0 radical (unpaired) electrons. The minimum atomic E-state index is -3.82. The number of carbonyl (C=O) groups excluding carboxylic acids is 1. The van der Waals surface area contributed by atoms with Crippen molar-refractivity contribution in [1.29, 1.82) is 0 Å². The number of hydrogen-bond donors (Lipinski definition) is 1. The van der Waals surface area contributed by atoms with E-state index in [9.17, 15) is 13.2 Å². The lowest BCUT2D eigenvalue weighted by Gasteiger charge is -2.24. The standard InChI is InChI=1S/C22H24N2O3S2/c1-15-7-11-19(12-8-15)23-29(26,27)21-14-18(10-9-16(21)2)22(25)24(4)17(3)20-6-5-13-28-20/h5-14,17,23H,1-4H3. The lowest BCUT2D eigenvalue weighted by atomic mass is 10.1. The van der Waals surface area contributed by atoms with E-state index in [0.717, 1.165) is 10.4 Å². The van der Waals surface area contributed by atoms with Crippen molar-refractivity contribution in [3.63, 3.8) is 0 Å². The van der Waals surface area contributed by atoms with Crippen LogP contribution in [0.5, 0.6) is 0 Å². The lowest BCUT2D eigenvalue weighted by Crippen LogP contribution is -2.29. The molecule has 0 bridgehead atoms. The fraction of sp³-hybridized carbons (Fsp3) is 0.227. The Morgan fingerprint density at radius 1 is 1.07 bits per heavy atom. The SMILES string of the molecule is Cc1ccc(NS(=O)(=O)c2cc(C(=O)N(C)C(C)c3cccs3)ccc2C)cc1. The molecule has 0 aliphatic rings. The molecule has 3 aromatic rings. The maximum Gasteiger partial charge on any atom is 0.262 e. The summed E-state index contributed by atoms with van der Waals surface area (Å²) in [7, 11) is -2.09. The smallest absolute Gasteiger partial charge is 0.262 e. The van der Waals surface area contributed by atoms with Crippen LogP contribution in [0.25, 0.3) is 0 Å². The number of hydrogen-bond acceptors (Lipinski definition) is 4. The summed E-state index contributed by atoms with van der Waals surface area (Å²) >= 11 is 1.58. The van der Waals surface area contributed by atoms with Crippen molar-refractivity contribution in [3.8, 4) is 0 Å². The molecule has 1 atom stereocenters. The van der Waals surface area contributed by atoms with E-state index in [1.54, 1.807) is 54.5 Å². The van der Waals surface area contributed by atoms with Gasteiger partial charge in [0.05, 0.1) is 10.9 Å². The predicted molar refractivity (Wildman–Crippen MR) is 118 cm³/mol. The lowest BCUT2D eigenvalue weighted by molar-refractivity contribution is 0.0744. The van der Waals surface area contributed by atoms with Crippen molar-refractivity contribution in [2.75, 3.05) is 11.8 Å². The Kier molecular flexibility index (Phi) is 6.10. The van der Waals surface area contributed by atoms with Crippen LogP contribution in [0.1, 0.15) is 39.3 Å². The van der Waals surface area contributed by atoms with Gasteiger partial charge in [-0.1, -0.05) is 29.8 Å². The molecule has 0 aliphatic carbocycles. The first-order chi connectivity index (χ1) is 13.7. The molecule has 29 heavy (non-hydrogen) atoms. The second-order valence-electron chi connectivity index (χ2n) is 7.06. The van der Waals surface area contributed by atoms with Gasteiger partial charge in [-0.15, -0.1) is 11.3 Å². The molecular formula is C22H24N2O3S2. The van der Waals surface area contributed by atoms with Gasteiger partial charge < -0.3 is 4.90 Å². The van der Waals surface area contributed by atoms with Crippen molar-refractivity contribution in [3.05, 3.63) is 81.5 Å². The minimum Gasteiger partial charge on any atom is -0.334 e. The van der Waals surface area contributed by atoms with Crippen molar-refractivity contribution in [2.24, 2.45) is 0 Å². The molecule has 5 nitrogen and oxygen atoms in total. The predicted octanol–water partition coefficient (Wildman–Crippen LogP) is 5.00. The van der Waals surface area contributed by atoms with Gasteiger partial charge in [0.15, 0.2) is 0 Å². The van der Waals surface area contributed by atoms with Gasteiger partial charge in [0, 0.05) is 23.2 Å². The van der Waals surface area contributed by atoms with E-state index in [2.05, 4.69) is 4.72 Å². The highest BCUT2D eigenvalue weighted by molar-refractivity contribution is 7.92. The van der Waals surface area contributed by atoms with E-state index >= 15 is 0 Å². The highest BCUT2D eigenvalue weighted by Crippen LogP contribution is 2.26. The minimum absolute atomic E-state index is 0.0982. The molecule has 0 aliphatic heterocycles. The molecule has 2 aromatic carbocycles. The van der Waals surface area contributed by atoms with Crippen molar-refractivity contribution in [1.82, 2.24) is 4.90 Å². The monoisotopic (exact) mass is 428 g/mol. The highest BCUT2D eigenvalue weighted by atomic mass is 32.2. The zero-order valence-corrected chi connectivity index (χ0v) is 18.5. The van der Waals surface area contributed by atoms with Crippen molar-refractivity contribution in [2.45, 2.75) is 31.7 Å². The van der Waals surface area contributed by atoms with Gasteiger partial charge in [0.2, 0.25) is 0 Å². The molecule has 0 saturated carbocycles. The van der Waals surface area contributed by atoms with Crippen LogP contribution >= 0.6 is 11.3 Å². The number of amides is 1. The Bertz CT molecular complexity index is 1110. The Morgan fingerprint density at radius 3 is 2.38 bits per heavy atom. The second-order valence-corrected chi connectivity index (χ2v) is 9.69. The third-order valence-corrected chi connectivity index (χ3v) is 7.45. The Labute approximate surface area is 176 Å². The zero-order chi connectivity index (χ0) is 21.2. The number of rotatable bonds is 6. The Morgan fingerprint density at radius 2 is 1.76 bits per heavy atom. The van der Waals surface area contributed by atoms with Crippen LogP contribution in [-0.2, 0) is 10.0 Å². The normalized spacial score (nSPS) is 12.4. The van der Waals surface area contributed by atoms with Gasteiger partial charge in [-0.25, -0.2) is 8.42 Å². The summed E-state index contributed by atoms with van der Waals surface area (Å²) in [5.41, 5.74) is 2.44. The summed E-state index contributed by atoms with van der Waals surface area (Å²) in [5, 5.41) is 1.97. The van der Waals surface area contributed by atoms with Crippen LogP contribution in [0.3, 0.4) is 0 Å². The van der Waals surface area contributed by atoms with Crippen LogP contribution in [0, 0.1) is 13.8 Å². The number of benzene rings is 2. The molecule has 3 rings (SSSR count). The van der Waals surface area contributed by atoms with Gasteiger partial charge >= 0.3 is 0 Å². The van der Waals surface area contributed by atoms with Crippen LogP contribution in [0.15, 0.2) is 64.9 Å². The summed E-state index contributed by atoms with van der Waals surface area (Å²) < 4.78 is 28.5. The molecule has 0 spiro atoms. The fourth-order valence-electron chi connectivity index (χ4n) is 2.95. The van der Waals surface area contributed by atoms with E-state index in [1.165, 1.54) is 6.07 Å². The molecule has 1 heterocycles. The largest absolute Gasteiger partial charge is 0.334 e. The third kappa shape index (κ3) is 4.68. The summed E-state index contributed by atoms with van der Waals surface area (Å²) in [5.74, 6) is -0.224. The average molecular weight is 429 g/mol. The molecule has 152 valence electrons. The maximum absolute atomic E-state index is 13.0. The second kappa shape index (κ2) is 8.39. The van der Waals surface area contributed by atoms with Gasteiger partial charge in [-0.05, 0) is 62.0 Å². The summed E-state index contributed by atoms with van der Waals surface area (Å²) in [4.78, 5) is 15.8. The first kappa shape index (κ1) is 21.1. The molecule has 1 unspecified atom stereocenters. The van der Waals surface area contributed by atoms with E-state index in [4.69, 9.17) is 0 Å². The van der Waals surface area contributed by atoms with E-state index in [-0.39, 0.29) is 16.8 Å². The Hall–Kier alpha value is -2.64. The molecular weight excluding hydrogens is 404 g/mol. The summed E-state index contributed by atoms with van der Waals surface area (Å²) in [6.45, 7) is 5.61. The quantitative estimate of drug-likeness (QED) is 0.601. The van der Waals surface area contributed by atoms with E-state index < -0.39 is 10.0 Å². The van der Waals surface area contributed by atoms with Gasteiger partial charge in [-0.3, -0.25) is 9.52 Å². The number of nitrogens with zero attached hydrogens (tertiary/aromatic N) is 1. The van der Waals surface area contributed by atoms with Crippen LogP contribution in [0.4, 0.5) is 5.69 Å². The van der Waals surface area contributed by atoms with Crippen LogP contribution < -0.4 is 4.72 Å². The number of aryl methyl sites for hydroxylation is 2. The van der Waals surface area contributed by atoms with Gasteiger partial charge in [0.1, 0.15) is 0 Å². The van der Waals surface area contributed by atoms with Crippen molar-refractivity contribution < 1.29 is 13.2 Å². The van der Waals surface area contributed by atoms with E-state index in [1.807, 2.05) is 43.5 Å². The highest BCUT2D eigenvalue weighted by Gasteiger charge is 2.23. The maximum atomic E-state index is 13.0. The van der Waals surface area contributed by atoms with Crippen molar-refractivity contribution >= 4 is 33.0 Å². The van der Waals surface area contributed by atoms with Gasteiger partial charge in [-0.2, -0.15) is 0 Å². The first-order valence-corrected chi connectivity index (χ1v) is 11.6. The fourth-order valence-corrected chi connectivity index (χ4v) is 5.11. The van der Waals surface area contributed by atoms with Crippen LogP contribution in [-0.4, -0.2) is 26.3 Å². The third-order valence-electron chi connectivity index (χ3n) is 4.88. The number of sulfonamides is 1. The molecule has 0 saturated heterocycles. The topological polar surface area (TPSA) is 66.5 Å². The Balaban J connectivity index is 1.89. The van der Waals surface area contributed by atoms with Gasteiger partial charge in [0.25, 0.3) is 15.9 Å². The van der Waals surface area contributed by atoms with E-state index in [0.29, 0.717) is 16.8 Å². The number of thiophene rings is 1. The first-order valence-electron chi connectivity index (χ1n) is 9.20. The summed E-state index contributed by atoms with van der Waals surface area (Å²) in [6, 6.07) is 15.7. The number of nitrogens with one attached hydrogen (secondary N) is 1. The molecule has 1 N–H and O–H groups in total. The molecule has 1 aromatic heterocycles. The molecule has 1 amide bonds. The number of anilines is 1. The number of carbonyl (C=O) groups is 1. The molecule has 7 heteroatoms.